The Bertz CT molecular complexity index is 1930. The summed E-state index contributed by atoms with van der Waals surface area (Å²) in [6.45, 7) is 0. The fraction of sp³-hybridized carbons (Fsp3) is 0. The molecule has 3 heteroatoms. The Hall–Kier alpha value is -4.89. The summed E-state index contributed by atoms with van der Waals surface area (Å²) < 4.78 is 4.75. The third-order valence-electron chi connectivity index (χ3n) is 7.33. The zero-order valence-electron chi connectivity index (χ0n) is 19.5. The van der Waals surface area contributed by atoms with Crippen LogP contribution in [0.25, 0.3) is 65.9 Å². The van der Waals surface area contributed by atoms with E-state index in [1.54, 1.807) is 0 Å². The first-order valence-electron chi connectivity index (χ1n) is 12.2. The summed E-state index contributed by atoms with van der Waals surface area (Å²) in [5.74, 6) is 0. The van der Waals surface area contributed by atoms with E-state index in [-0.39, 0.29) is 0 Å². The highest BCUT2D eigenvalue weighted by atomic mass is 15.0. The van der Waals surface area contributed by atoms with E-state index < -0.39 is 0 Å². The summed E-state index contributed by atoms with van der Waals surface area (Å²) in [6.07, 6.45) is 2.06. The van der Waals surface area contributed by atoms with Crippen molar-refractivity contribution in [3.8, 4) is 11.4 Å². The highest BCUT2D eigenvalue weighted by Crippen LogP contribution is 2.40. The topological polar surface area (TPSA) is 22.8 Å². The van der Waals surface area contributed by atoms with Crippen molar-refractivity contribution >= 4 is 54.5 Å². The van der Waals surface area contributed by atoms with Crippen molar-refractivity contribution in [1.82, 2.24) is 14.1 Å². The number of para-hydroxylation sites is 4. The van der Waals surface area contributed by atoms with E-state index in [0.717, 1.165) is 27.8 Å². The molecule has 0 saturated heterocycles. The maximum Gasteiger partial charge on any atom is 0.0970 e. The number of fused-ring (bicyclic) bond motifs is 9. The van der Waals surface area contributed by atoms with Crippen LogP contribution in [0.5, 0.6) is 0 Å². The zero-order valence-corrected chi connectivity index (χ0v) is 19.5. The van der Waals surface area contributed by atoms with Gasteiger partial charge in [0.2, 0.25) is 0 Å². The third kappa shape index (κ3) is 2.54. The second-order valence-corrected chi connectivity index (χ2v) is 9.25. The highest BCUT2D eigenvalue weighted by Gasteiger charge is 2.20. The van der Waals surface area contributed by atoms with Crippen LogP contribution in [0.1, 0.15) is 0 Å². The van der Waals surface area contributed by atoms with Crippen LogP contribution in [0.4, 0.5) is 0 Å². The summed E-state index contributed by atoms with van der Waals surface area (Å²) in [6, 6.07) is 43.0. The lowest BCUT2D eigenvalue weighted by Crippen LogP contribution is -1.97. The number of benzene rings is 5. The number of hydrogen-bond donors (Lipinski definition) is 0. The van der Waals surface area contributed by atoms with Gasteiger partial charge in [0.25, 0.3) is 0 Å². The molecule has 0 fully saturated rings. The molecule has 0 amide bonds. The van der Waals surface area contributed by atoms with Crippen molar-refractivity contribution in [2.24, 2.45) is 0 Å². The first-order valence-corrected chi connectivity index (χ1v) is 12.2. The largest absolute Gasteiger partial charge is 0.309 e. The van der Waals surface area contributed by atoms with Gasteiger partial charge in [-0.05, 0) is 42.5 Å². The Balaban J connectivity index is 1.62. The Kier molecular flexibility index (Phi) is 3.94. The number of hydrogen-bond acceptors (Lipinski definition) is 1. The molecule has 0 aliphatic heterocycles. The molecule has 0 aliphatic rings. The Morgan fingerprint density at radius 2 is 0.889 bits per heavy atom. The van der Waals surface area contributed by atoms with E-state index in [2.05, 4.69) is 137 Å². The van der Waals surface area contributed by atoms with Crippen LogP contribution in [0.3, 0.4) is 0 Å². The van der Waals surface area contributed by atoms with Gasteiger partial charge in [-0.25, -0.2) is 0 Å². The quantitative estimate of drug-likeness (QED) is 0.254. The minimum Gasteiger partial charge on any atom is -0.309 e. The summed E-state index contributed by atoms with van der Waals surface area (Å²) in [7, 11) is 0. The molecule has 0 aliphatic carbocycles. The average molecular weight is 460 g/mol. The molecule has 0 atom stereocenters. The van der Waals surface area contributed by atoms with E-state index in [0.29, 0.717) is 0 Å². The van der Waals surface area contributed by atoms with Gasteiger partial charge in [0.05, 0.1) is 27.6 Å². The van der Waals surface area contributed by atoms with Crippen LogP contribution >= 0.6 is 0 Å². The lowest BCUT2D eigenvalue weighted by Gasteiger charge is -2.12. The van der Waals surface area contributed by atoms with E-state index >= 15 is 0 Å². The summed E-state index contributed by atoms with van der Waals surface area (Å²) in [5, 5.41) is 6.00. The molecule has 0 saturated carbocycles. The summed E-state index contributed by atoms with van der Waals surface area (Å²) >= 11 is 0. The Labute approximate surface area is 207 Å². The Morgan fingerprint density at radius 1 is 0.389 bits per heavy atom. The van der Waals surface area contributed by atoms with Gasteiger partial charge in [-0.2, -0.15) is 0 Å². The molecule has 8 rings (SSSR count). The fourth-order valence-corrected chi connectivity index (χ4v) is 5.84. The second-order valence-electron chi connectivity index (χ2n) is 9.25. The second kappa shape index (κ2) is 7.30. The van der Waals surface area contributed by atoms with Crippen LogP contribution in [0.2, 0.25) is 0 Å². The van der Waals surface area contributed by atoms with Crippen LogP contribution in [0, 0.1) is 0 Å². The monoisotopic (exact) mass is 459 g/mol. The van der Waals surface area contributed by atoms with Crippen LogP contribution in [-0.2, 0) is 0 Å². The maximum absolute atomic E-state index is 5.14. The van der Waals surface area contributed by atoms with E-state index in [1.165, 1.54) is 38.1 Å². The summed E-state index contributed by atoms with van der Waals surface area (Å²) in [5.41, 5.74) is 8.03. The Morgan fingerprint density at radius 3 is 1.53 bits per heavy atom. The minimum atomic E-state index is 1.01. The number of aromatic nitrogens is 3. The van der Waals surface area contributed by atoms with Crippen molar-refractivity contribution in [1.29, 1.82) is 0 Å². The van der Waals surface area contributed by atoms with Crippen molar-refractivity contribution in [2.45, 2.75) is 0 Å². The molecule has 0 N–H and O–H groups in total. The number of rotatable bonds is 2. The van der Waals surface area contributed by atoms with Crippen LogP contribution < -0.4 is 0 Å². The van der Waals surface area contributed by atoms with Gasteiger partial charge in [-0.1, -0.05) is 78.9 Å². The zero-order chi connectivity index (χ0) is 23.6. The fourth-order valence-electron chi connectivity index (χ4n) is 5.84. The highest BCUT2D eigenvalue weighted by molar-refractivity contribution is 6.24. The van der Waals surface area contributed by atoms with Crippen LogP contribution in [-0.4, -0.2) is 14.1 Å². The van der Waals surface area contributed by atoms with E-state index in [9.17, 15) is 0 Å². The van der Waals surface area contributed by atoms with Gasteiger partial charge < -0.3 is 9.13 Å². The van der Waals surface area contributed by atoms with Gasteiger partial charge in [0, 0.05) is 44.5 Å². The molecule has 3 aromatic heterocycles. The van der Waals surface area contributed by atoms with Crippen LogP contribution in [0.15, 0.2) is 128 Å². The van der Waals surface area contributed by atoms with Crippen molar-refractivity contribution in [2.75, 3.05) is 0 Å². The molecule has 8 aromatic rings. The maximum atomic E-state index is 5.14. The lowest BCUT2D eigenvalue weighted by atomic mass is 10.1. The molecule has 168 valence electrons. The minimum absolute atomic E-state index is 1.01. The third-order valence-corrected chi connectivity index (χ3v) is 7.33. The van der Waals surface area contributed by atoms with Gasteiger partial charge in [-0.15, -0.1) is 0 Å². The SMILES string of the molecule is c1ccc(-n2c3ccccc3c3cnc4c(ccc5c6ccccc6n(-c6ccccc6)c54)c32)cc1. The standard InChI is InChI=1S/C33H21N3/c1-3-11-22(12-4-1)35-30-18-10-8-16-25(30)28-21-34-31-27(32(28)35)20-19-26-24-15-7-9-17-29(24)36(33(26)31)23-13-5-2-6-14-23/h1-21H. The first-order chi connectivity index (χ1) is 17.9. The molecule has 0 bridgehead atoms. The summed E-state index contributed by atoms with van der Waals surface area (Å²) in [4.78, 5) is 5.14. The molecule has 0 spiro atoms. The van der Waals surface area contributed by atoms with Gasteiger partial charge in [-0.3, -0.25) is 4.98 Å². The average Bonchev–Trinajstić information content (AvgIpc) is 3.47. The molecule has 3 nitrogen and oxygen atoms in total. The molecule has 36 heavy (non-hydrogen) atoms. The van der Waals surface area contributed by atoms with E-state index in [4.69, 9.17) is 4.98 Å². The molecule has 0 radical (unpaired) electrons. The predicted octanol–water partition coefficient (Wildman–Crippen LogP) is 8.43. The number of nitrogens with zero attached hydrogens (tertiary/aromatic N) is 3. The van der Waals surface area contributed by atoms with Gasteiger partial charge >= 0.3 is 0 Å². The first kappa shape index (κ1) is 19.4. The number of pyridine rings is 1. The normalized spacial score (nSPS) is 11.9. The molecule has 5 aromatic carbocycles. The van der Waals surface area contributed by atoms with Crippen molar-refractivity contribution < 1.29 is 0 Å². The van der Waals surface area contributed by atoms with Crippen molar-refractivity contribution in [3.05, 3.63) is 128 Å². The molecular weight excluding hydrogens is 438 g/mol. The molecular formula is C33H21N3. The van der Waals surface area contributed by atoms with E-state index in [1.807, 2.05) is 0 Å². The lowest BCUT2D eigenvalue weighted by molar-refractivity contribution is 1.17. The predicted molar refractivity (Wildman–Crippen MR) is 150 cm³/mol. The van der Waals surface area contributed by atoms with Gasteiger partial charge in [0.15, 0.2) is 0 Å². The molecule has 0 unspecified atom stereocenters. The van der Waals surface area contributed by atoms with Gasteiger partial charge in [0.1, 0.15) is 0 Å². The smallest absolute Gasteiger partial charge is 0.0970 e. The van der Waals surface area contributed by atoms with Crippen molar-refractivity contribution in [3.63, 3.8) is 0 Å². The molecule has 3 heterocycles.